The Bertz CT molecular complexity index is 1410. The van der Waals surface area contributed by atoms with E-state index in [1.54, 1.807) is 36.5 Å². The molecule has 0 aliphatic carbocycles. The number of oxime groups is 1. The second-order valence-corrected chi connectivity index (χ2v) is 9.34. The van der Waals surface area contributed by atoms with Crippen molar-refractivity contribution in [3.05, 3.63) is 82.0 Å². The average molecular weight is 486 g/mol. The number of rotatable bonds is 3. The van der Waals surface area contributed by atoms with E-state index in [0.717, 1.165) is 0 Å². The Labute approximate surface area is 199 Å². The molecule has 0 saturated carbocycles. The molecule has 168 valence electrons. The maximum atomic E-state index is 16.1. The first-order valence-electron chi connectivity index (χ1n) is 10.3. The zero-order valence-electron chi connectivity index (χ0n) is 17.8. The van der Waals surface area contributed by atoms with Gasteiger partial charge in [0.2, 0.25) is 0 Å². The Balaban J connectivity index is 1.75. The summed E-state index contributed by atoms with van der Waals surface area (Å²) in [7, 11) is 0. The molecule has 2 N–H and O–H groups in total. The van der Waals surface area contributed by atoms with Crippen LogP contribution in [0.2, 0.25) is 10.0 Å². The number of fused-ring (bicyclic) bond motifs is 2. The number of para-hydroxylation sites is 2. The molecule has 0 atom stereocenters. The van der Waals surface area contributed by atoms with Crippen molar-refractivity contribution in [1.29, 1.82) is 0 Å². The molecule has 0 radical (unpaired) electrons. The van der Waals surface area contributed by atoms with Crippen LogP contribution in [-0.4, -0.2) is 16.2 Å². The van der Waals surface area contributed by atoms with Crippen molar-refractivity contribution in [3.8, 4) is 16.9 Å². The highest BCUT2D eigenvalue weighted by Crippen LogP contribution is 2.45. The predicted octanol–water partition coefficient (Wildman–Crippen LogP) is 7.80. The van der Waals surface area contributed by atoms with Gasteiger partial charge in [-0.15, -0.1) is 0 Å². The SMILES string of the molecule is CC1(C)CC(=NOc2ccccc2)c2c(F)c(-c3cccc4c(Cl)c[nH]c34)c(F)c(Cl)c2N1. The molecule has 33 heavy (non-hydrogen) atoms. The molecule has 2 heterocycles. The van der Waals surface area contributed by atoms with Crippen molar-refractivity contribution in [2.45, 2.75) is 25.8 Å². The number of hydrogen-bond donors (Lipinski definition) is 2. The van der Waals surface area contributed by atoms with Crippen LogP contribution in [0.15, 0.2) is 59.9 Å². The summed E-state index contributed by atoms with van der Waals surface area (Å²) in [5.41, 5.74) is 0.585. The van der Waals surface area contributed by atoms with Gasteiger partial charge in [-0.3, -0.25) is 0 Å². The number of aromatic amines is 1. The van der Waals surface area contributed by atoms with Crippen LogP contribution in [0.5, 0.6) is 5.75 Å². The number of hydrogen-bond acceptors (Lipinski definition) is 3. The summed E-state index contributed by atoms with van der Waals surface area (Å²) >= 11 is 12.7. The van der Waals surface area contributed by atoms with Crippen LogP contribution in [0.1, 0.15) is 25.8 Å². The van der Waals surface area contributed by atoms with E-state index in [-0.39, 0.29) is 21.8 Å². The standard InChI is InChI=1S/C25H19Cl2F2N3O/c1-25(2)11-17(32-33-13-7-4-3-5-8-13)19-21(28)18(22(29)20(27)24(19)31-25)15-10-6-9-14-16(26)12-30-23(14)15/h3-10,12,30-31H,11H2,1-2H3. The fourth-order valence-corrected chi connectivity index (χ4v) is 4.62. The van der Waals surface area contributed by atoms with E-state index < -0.39 is 17.2 Å². The molecule has 0 amide bonds. The maximum Gasteiger partial charge on any atom is 0.157 e. The third kappa shape index (κ3) is 3.73. The summed E-state index contributed by atoms with van der Waals surface area (Å²) < 4.78 is 31.7. The summed E-state index contributed by atoms with van der Waals surface area (Å²) in [5.74, 6) is -1.13. The fraction of sp³-hybridized carbons (Fsp3) is 0.160. The van der Waals surface area contributed by atoms with Gasteiger partial charge in [-0.25, -0.2) is 8.78 Å². The van der Waals surface area contributed by atoms with Crippen molar-refractivity contribution < 1.29 is 13.6 Å². The summed E-state index contributed by atoms with van der Waals surface area (Å²) in [6.45, 7) is 3.80. The van der Waals surface area contributed by atoms with Gasteiger partial charge in [0, 0.05) is 29.1 Å². The van der Waals surface area contributed by atoms with Gasteiger partial charge in [-0.05, 0) is 26.0 Å². The summed E-state index contributed by atoms with van der Waals surface area (Å²) in [4.78, 5) is 8.57. The second kappa shape index (κ2) is 8.04. The van der Waals surface area contributed by atoms with Gasteiger partial charge in [0.05, 0.1) is 33.1 Å². The van der Waals surface area contributed by atoms with Crippen molar-refractivity contribution in [3.63, 3.8) is 0 Å². The first-order chi connectivity index (χ1) is 15.8. The van der Waals surface area contributed by atoms with Gasteiger partial charge < -0.3 is 15.1 Å². The lowest BCUT2D eigenvalue weighted by Crippen LogP contribution is -2.39. The lowest BCUT2D eigenvalue weighted by molar-refractivity contribution is 0.338. The van der Waals surface area contributed by atoms with E-state index in [1.807, 2.05) is 32.0 Å². The highest BCUT2D eigenvalue weighted by molar-refractivity contribution is 6.36. The molecule has 1 aliphatic rings. The Morgan fingerprint density at radius 3 is 2.48 bits per heavy atom. The van der Waals surface area contributed by atoms with E-state index >= 15 is 8.78 Å². The smallest absolute Gasteiger partial charge is 0.157 e. The average Bonchev–Trinajstić information content (AvgIpc) is 3.17. The van der Waals surface area contributed by atoms with E-state index in [9.17, 15) is 0 Å². The highest BCUT2D eigenvalue weighted by atomic mass is 35.5. The van der Waals surface area contributed by atoms with Crippen LogP contribution in [0.3, 0.4) is 0 Å². The van der Waals surface area contributed by atoms with E-state index in [4.69, 9.17) is 28.0 Å². The Morgan fingerprint density at radius 2 is 1.73 bits per heavy atom. The second-order valence-electron chi connectivity index (χ2n) is 8.56. The van der Waals surface area contributed by atoms with Gasteiger partial charge in [0.1, 0.15) is 10.8 Å². The Hall–Kier alpha value is -3.09. The van der Waals surface area contributed by atoms with Gasteiger partial charge in [-0.2, -0.15) is 0 Å². The quantitative estimate of drug-likeness (QED) is 0.229. The molecule has 4 aromatic rings. The minimum atomic E-state index is -0.861. The van der Waals surface area contributed by atoms with Gasteiger partial charge in [0.25, 0.3) is 0 Å². The summed E-state index contributed by atoms with van der Waals surface area (Å²) in [5, 5.41) is 8.31. The number of aromatic nitrogens is 1. The molecule has 0 saturated heterocycles. The number of benzene rings is 3. The van der Waals surface area contributed by atoms with Gasteiger partial charge in [-0.1, -0.05) is 64.8 Å². The molecule has 1 aromatic heterocycles. The lowest BCUT2D eigenvalue weighted by Gasteiger charge is -2.35. The summed E-state index contributed by atoms with van der Waals surface area (Å²) in [6.07, 6.45) is 1.92. The molecule has 0 unspecified atom stereocenters. The third-order valence-corrected chi connectivity index (χ3v) is 6.29. The Morgan fingerprint density at radius 1 is 0.970 bits per heavy atom. The molecular weight excluding hydrogens is 467 g/mol. The number of H-pyrrole nitrogens is 1. The van der Waals surface area contributed by atoms with Crippen LogP contribution in [0.25, 0.3) is 22.0 Å². The molecule has 5 rings (SSSR count). The van der Waals surface area contributed by atoms with Crippen LogP contribution >= 0.6 is 23.2 Å². The van der Waals surface area contributed by atoms with Gasteiger partial charge in [0.15, 0.2) is 11.6 Å². The molecule has 3 aromatic carbocycles. The molecule has 4 nitrogen and oxygen atoms in total. The van der Waals surface area contributed by atoms with Crippen LogP contribution in [0, 0.1) is 11.6 Å². The van der Waals surface area contributed by atoms with Crippen molar-refractivity contribution in [2.24, 2.45) is 5.16 Å². The number of nitrogens with zero attached hydrogens (tertiary/aromatic N) is 1. The monoisotopic (exact) mass is 485 g/mol. The zero-order chi connectivity index (χ0) is 23.3. The van der Waals surface area contributed by atoms with Crippen molar-refractivity contribution in [1.82, 2.24) is 4.98 Å². The van der Waals surface area contributed by atoms with Crippen LogP contribution in [0.4, 0.5) is 14.5 Å². The predicted molar refractivity (Wildman–Crippen MR) is 130 cm³/mol. The first-order valence-corrected chi connectivity index (χ1v) is 11.1. The number of nitrogens with one attached hydrogen (secondary N) is 2. The third-order valence-electron chi connectivity index (χ3n) is 5.62. The molecule has 0 bridgehead atoms. The van der Waals surface area contributed by atoms with Crippen LogP contribution in [-0.2, 0) is 0 Å². The van der Waals surface area contributed by atoms with Crippen LogP contribution < -0.4 is 10.2 Å². The first kappa shape index (κ1) is 21.7. The zero-order valence-corrected chi connectivity index (χ0v) is 19.3. The highest BCUT2D eigenvalue weighted by Gasteiger charge is 2.37. The Kier molecular flexibility index (Phi) is 5.30. The lowest BCUT2D eigenvalue weighted by atomic mass is 9.85. The number of anilines is 1. The largest absolute Gasteiger partial charge is 0.378 e. The number of halogens is 4. The van der Waals surface area contributed by atoms with E-state index in [0.29, 0.717) is 39.4 Å². The van der Waals surface area contributed by atoms with Crippen molar-refractivity contribution in [2.75, 3.05) is 5.32 Å². The molecule has 8 heteroatoms. The minimum Gasteiger partial charge on any atom is -0.378 e. The molecule has 0 spiro atoms. The van der Waals surface area contributed by atoms with E-state index in [2.05, 4.69) is 15.5 Å². The topological polar surface area (TPSA) is 49.4 Å². The van der Waals surface area contributed by atoms with E-state index in [1.165, 1.54) is 0 Å². The molecule has 1 aliphatic heterocycles. The molecular formula is C25H19Cl2F2N3O. The normalized spacial score (nSPS) is 16.0. The van der Waals surface area contributed by atoms with Gasteiger partial charge >= 0.3 is 0 Å². The summed E-state index contributed by atoms with van der Waals surface area (Å²) in [6, 6.07) is 14.0. The minimum absolute atomic E-state index is 0.0845. The van der Waals surface area contributed by atoms with Crippen molar-refractivity contribution >= 4 is 45.5 Å². The molecule has 0 fully saturated rings. The maximum absolute atomic E-state index is 16.1. The fourth-order valence-electron chi connectivity index (χ4n) is 4.17.